The average molecular weight is 270 g/mol. The van der Waals surface area contributed by atoms with E-state index in [2.05, 4.69) is 6.58 Å². The first-order valence-electron chi connectivity index (χ1n) is 6.22. The number of carbonyl (C=O) groups excluding carboxylic acids is 2. The summed E-state index contributed by atoms with van der Waals surface area (Å²) in [7, 11) is 0. The zero-order chi connectivity index (χ0) is 13.7. The van der Waals surface area contributed by atoms with Crippen LogP contribution in [-0.2, 0) is 9.59 Å². The van der Waals surface area contributed by atoms with E-state index in [0.717, 1.165) is 11.3 Å². The second kappa shape index (κ2) is 6.83. The maximum absolute atomic E-state index is 12.2. The molecule has 0 spiro atoms. The van der Waals surface area contributed by atoms with Crippen molar-refractivity contribution in [2.24, 2.45) is 0 Å². The summed E-state index contributed by atoms with van der Waals surface area (Å²) in [6.45, 7) is 11.9. The number of hydrogen-bond donors (Lipinski definition) is 0. The molecule has 0 saturated carbocycles. The highest BCUT2D eigenvalue weighted by atomic mass is 32.2. The number of thioether (sulfide) groups is 1. The zero-order valence-corrected chi connectivity index (χ0v) is 12.3. The normalized spacial score (nSPS) is 17.5. The largest absolute Gasteiger partial charge is 0.339 e. The monoisotopic (exact) mass is 270 g/mol. The van der Waals surface area contributed by atoms with Crippen LogP contribution >= 0.6 is 11.8 Å². The van der Waals surface area contributed by atoms with Gasteiger partial charge in [0, 0.05) is 38.9 Å². The van der Waals surface area contributed by atoms with Crippen molar-refractivity contribution in [3.05, 3.63) is 12.2 Å². The van der Waals surface area contributed by atoms with Crippen LogP contribution in [0.25, 0.3) is 0 Å². The van der Waals surface area contributed by atoms with E-state index in [4.69, 9.17) is 0 Å². The second-order valence-corrected chi connectivity index (χ2v) is 6.07. The van der Waals surface area contributed by atoms with E-state index in [1.807, 2.05) is 18.7 Å². The van der Waals surface area contributed by atoms with Crippen molar-refractivity contribution < 1.29 is 9.59 Å². The molecule has 0 aromatic rings. The molecule has 0 radical (unpaired) electrons. The lowest BCUT2D eigenvalue weighted by atomic mass is 10.3. The molecule has 1 heterocycles. The minimum atomic E-state index is -0.0365. The predicted octanol–water partition coefficient (Wildman–Crippen LogP) is 1.37. The number of amides is 2. The molecule has 4 nitrogen and oxygen atoms in total. The summed E-state index contributed by atoms with van der Waals surface area (Å²) in [5, 5.41) is -0.0365. The zero-order valence-electron chi connectivity index (χ0n) is 11.4. The maximum Gasteiger partial charge on any atom is 0.235 e. The molecule has 1 saturated heterocycles. The van der Waals surface area contributed by atoms with E-state index in [1.54, 1.807) is 23.6 Å². The van der Waals surface area contributed by atoms with Crippen molar-refractivity contribution >= 4 is 23.6 Å². The molecule has 0 aromatic heterocycles. The van der Waals surface area contributed by atoms with Gasteiger partial charge in [-0.05, 0) is 13.8 Å². The number of hydrogen-bond acceptors (Lipinski definition) is 3. The van der Waals surface area contributed by atoms with Crippen molar-refractivity contribution in [1.29, 1.82) is 0 Å². The Balaban J connectivity index is 2.39. The maximum atomic E-state index is 12.2. The Morgan fingerprint density at radius 1 is 1.17 bits per heavy atom. The molecule has 1 fully saturated rings. The fraction of sp³-hybridized carbons (Fsp3) is 0.692. The van der Waals surface area contributed by atoms with E-state index >= 15 is 0 Å². The minimum absolute atomic E-state index is 0.0365. The van der Waals surface area contributed by atoms with Crippen LogP contribution in [0.15, 0.2) is 12.2 Å². The topological polar surface area (TPSA) is 40.6 Å². The molecule has 1 atom stereocenters. The SMILES string of the molecule is C=C(C)CS[C@@H](C)C(=O)N1CCN(C(C)=O)CC1. The van der Waals surface area contributed by atoms with Crippen molar-refractivity contribution in [3.63, 3.8) is 0 Å². The summed E-state index contributed by atoms with van der Waals surface area (Å²) in [6.07, 6.45) is 0. The standard InChI is InChI=1S/C13H22N2O2S/c1-10(2)9-18-11(3)13(17)15-7-5-14(6-8-15)12(4)16/h11H,1,5-9H2,2-4H3/t11-/m0/s1. The molecular formula is C13H22N2O2S. The van der Waals surface area contributed by atoms with Gasteiger partial charge < -0.3 is 9.80 Å². The summed E-state index contributed by atoms with van der Waals surface area (Å²) in [5.41, 5.74) is 1.08. The Labute approximate surface area is 113 Å². The Bertz CT molecular complexity index is 336. The van der Waals surface area contributed by atoms with E-state index in [1.165, 1.54) is 0 Å². The Morgan fingerprint density at radius 3 is 2.11 bits per heavy atom. The van der Waals surface area contributed by atoms with Crippen LogP contribution in [0.2, 0.25) is 0 Å². The lowest BCUT2D eigenvalue weighted by Crippen LogP contribution is -2.51. The third-order valence-corrected chi connectivity index (χ3v) is 4.33. The molecule has 0 unspecified atom stereocenters. The van der Waals surface area contributed by atoms with Crippen LogP contribution in [0.3, 0.4) is 0 Å². The molecule has 1 aliphatic heterocycles. The van der Waals surface area contributed by atoms with E-state index in [0.29, 0.717) is 26.2 Å². The van der Waals surface area contributed by atoms with Crippen LogP contribution in [-0.4, -0.2) is 58.8 Å². The van der Waals surface area contributed by atoms with Crippen molar-refractivity contribution in [2.45, 2.75) is 26.0 Å². The fourth-order valence-corrected chi connectivity index (χ4v) is 2.66. The third-order valence-electron chi connectivity index (χ3n) is 2.96. The first-order chi connectivity index (χ1) is 8.41. The summed E-state index contributed by atoms with van der Waals surface area (Å²) >= 11 is 1.62. The first-order valence-corrected chi connectivity index (χ1v) is 7.27. The Kier molecular flexibility index (Phi) is 5.72. The number of nitrogens with zero attached hydrogens (tertiary/aromatic N) is 2. The van der Waals surface area contributed by atoms with Gasteiger partial charge in [-0.3, -0.25) is 9.59 Å². The van der Waals surface area contributed by atoms with Gasteiger partial charge in [0.25, 0.3) is 0 Å². The Morgan fingerprint density at radius 2 is 1.67 bits per heavy atom. The third kappa shape index (κ3) is 4.37. The smallest absolute Gasteiger partial charge is 0.235 e. The number of piperazine rings is 1. The van der Waals surface area contributed by atoms with Gasteiger partial charge >= 0.3 is 0 Å². The van der Waals surface area contributed by atoms with Crippen LogP contribution in [0.1, 0.15) is 20.8 Å². The second-order valence-electron chi connectivity index (χ2n) is 4.74. The summed E-state index contributed by atoms with van der Waals surface area (Å²) < 4.78 is 0. The number of rotatable bonds is 4. The van der Waals surface area contributed by atoms with Crippen LogP contribution in [0.5, 0.6) is 0 Å². The van der Waals surface area contributed by atoms with Gasteiger partial charge in [0.2, 0.25) is 11.8 Å². The highest BCUT2D eigenvalue weighted by Gasteiger charge is 2.25. The molecule has 0 N–H and O–H groups in total. The summed E-state index contributed by atoms with van der Waals surface area (Å²) in [6, 6.07) is 0. The predicted molar refractivity (Wildman–Crippen MR) is 75.6 cm³/mol. The van der Waals surface area contributed by atoms with Gasteiger partial charge in [0.15, 0.2) is 0 Å². The molecule has 0 aromatic carbocycles. The van der Waals surface area contributed by atoms with Gasteiger partial charge in [0.05, 0.1) is 5.25 Å². The fourth-order valence-electron chi connectivity index (χ4n) is 1.84. The number of carbonyl (C=O) groups is 2. The van der Waals surface area contributed by atoms with Crippen molar-refractivity contribution in [3.8, 4) is 0 Å². The average Bonchev–Trinajstić information content (AvgIpc) is 2.35. The lowest BCUT2D eigenvalue weighted by Gasteiger charge is -2.35. The van der Waals surface area contributed by atoms with E-state index < -0.39 is 0 Å². The molecule has 0 aliphatic carbocycles. The lowest BCUT2D eigenvalue weighted by molar-refractivity contribution is -0.137. The van der Waals surface area contributed by atoms with Gasteiger partial charge in [-0.15, -0.1) is 11.8 Å². The van der Waals surface area contributed by atoms with Crippen LogP contribution in [0.4, 0.5) is 0 Å². The van der Waals surface area contributed by atoms with Crippen molar-refractivity contribution in [2.75, 3.05) is 31.9 Å². The molecule has 1 rings (SSSR count). The first kappa shape index (κ1) is 15.1. The van der Waals surface area contributed by atoms with Gasteiger partial charge in [0.1, 0.15) is 0 Å². The molecule has 18 heavy (non-hydrogen) atoms. The molecule has 102 valence electrons. The highest BCUT2D eigenvalue weighted by Crippen LogP contribution is 2.17. The molecular weight excluding hydrogens is 248 g/mol. The van der Waals surface area contributed by atoms with Gasteiger partial charge in [-0.25, -0.2) is 0 Å². The van der Waals surface area contributed by atoms with E-state index in [9.17, 15) is 9.59 Å². The summed E-state index contributed by atoms with van der Waals surface area (Å²) in [4.78, 5) is 27.0. The minimum Gasteiger partial charge on any atom is -0.339 e. The molecule has 2 amide bonds. The Hall–Kier alpha value is -0.970. The highest BCUT2D eigenvalue weighted by molar-refractivity contribution is 8.00. The van der Waals surface area contributed by atoms with E-state index in [-0.39, 0.29) is 17.1 Å². The molecule has 5 heteroatoms. The quantitative estimate of drug-likeness (QED) is 0.725. The van der Waals surface area contributed by atoms with Gasteiger partial charge in [-0.1, -0.05) is 12.2 Å². The van der Waals surface area contributed by atoms with Crippen LogP contribution in [0, 0.1) is 0 Å². The molecule has 1 aliphatic rings. The van der Waals surface area contributed by atoms with Crippen LogP contribution < -0.4 is 0 Å². The summed E-state index contributed by atoms with van der Waals surface area (Å²) in [5.74, 6) is 1.08. The van der Waals surface area contributed by atoms with Gasteiger partial charge in [-0.2, -0.15) is 0 Å². The molecule has 0 bridgehead atoms. The van der Waals surface area contributed by atoms with Crippen molar-refractivity contribution in [1.82, 2.24) is 9.80 Å².